The van der Waals surface area contributed by atoms with Gasteiger partial charge in [-0.25, -0.2) is 8.42 Å². The minimum Gasteiger partial charge on any atom is -0.267 e. The Labute approximate surface area is 138 Å². The molecule has 0 bridgehead atoms. The number of nitrogens with one attached hydrogen (secondary N) is 2. The number of rotatable bonds is 3. The summed E-state index contributed by atoms with van der Waals surface area (Å²) in [5.41, 5.74) is 4.85. The molecule has 0 aliphatic heterocycles. The molecule has 0 aliphatic rings. The molecule has 0 aliphatic carbocycles. The molecular weight excluding hydrogens is 340 g/mol. The average Bonchev–Trinajstić information content (AvgIpc) is 2.51. The van der Waals surface area contributed by atoms with Gasteiger partial charge in [0.05, 0.1) is 4.90 Å². The molecule has 2 amide bonds. The van der Waals surface area contributed by atoms with Gasteiger partial charge in [0.1, 0.15) is 0 Å². The number of halogens is 1. The van der Waals surface area contributed by atoms with Crippen molar-refractivity contribution >= 4 is 33.3 Å². The lowest BCUT2D eigenvalue weighted by atomic mass is 10.2. The molecular formula is C15H13ClN2O4S. The number of sulfone groups is 1. The molecule has 0 spiro atoms. The molecule has 0 aromatic heterocycles. The normalized spacial score (nSPS) is 10.9. The van der Waals surface area contributed by atoms with Crippen LogP contribution in [0.3, 0.4) is 0 Å². The maximum Gasteiger partial charge on any atom is 0.269 e. The molecule has 0 unspecified atom stereocenters. The second kappa shape index (κ2) is 6.80. The molecule has 120 valence electrons. The smallest absolute Gasteiger partial charge is 0.267 e. The molecule has 2 rings (SSSR count). The maximum atomic E-state index is 12.0. The highest BCUT2D eigenvalue weighted by Crippen LogP contribution is 2.12. The van der Waals surface area contributed by atoms with E-state index in [2.05, 4.69) is 10.9 Å². The Kier molecular flexibility index (Phi) is 5.02. The fourth-order valence-corrected chi connectivity index (χ4v) is 2.61. The molecule has 23 heavy (non-hydrogen) atoms. The van der Waals surface area contributed by atoms with Crippen LogP contribution in [0.25, 0.3) is 0 Å². The Hall–Kier alpha value is -2.38. The van der Waals surface area contributed by atoms with E-state index in [-0.39, 0.29) is 16.0 Å². The summed E-state index contributed by atoms with van der Waals surface area (Å²) in [5.74, 6) is -1.18. The zero-order chi connectivity index (χ0) is 17.0. The molecule has 2 aromatic carbocycles. The molecule has 0 fully saturated rings. The second-order valence-corrected chi connectivity index (χ2v) is 7.17. The van der Waals surface area contributed by atoms with E-state index >= 15 is 0 Å². The van der Waals surface area contributed by atoms with Gasteiger partial charge in [-0.1, -0.05) is 23.7 Å². The van der Waals surface area contributed by atoms with Gasteiger partial charge in [0.25, 0.3) is 11.8 Å². The number of carbonyl (C=O) groups excluding carboxylic acids is 2. The largest absolute Gasteiger partial charge is 0.269 e. The van der Waals surface area contributed by atoms with Crippen molar-refractivity contribution in [2.75, 3.05) is 6.26 Å². The van der Waals surface area contributed by atoms with Crippen LogP contribution < -0.4 is 10.9 Å². The van der Waals surface area contributed by atoms with Crippen LogP contribution in [0.1, 0.15) is 20.7 Å². The first-order valence-corrected chi connectivity index (χ1v) is 8.71. The minimum absolute atomic E-state index is 0.0197. The summed E-state index contributed by atoms with van der Waals surface area (Å²) in [6.07, 6.45) is 1.05. The standard InChI is InChI=1S/C15H13ClN2O4S/c1-23(21,22)13-7-3-5-11(9-13)15(20)18-17-14(19)10-4-2-6-12(16)8-10/h2-9H,1H3,(H,17,19)(H,18,20). The number of hydrogen-bond acceptors (Lipinski definition) is 4. The maximum absolute atomic E-state index is 12.0. The van der Waals surface area contributed by atoms with E-state index in [1.165, 1.54) is 36.4 Å². The molecule has 0 heterocycles. The highest BCUT2D eigenvalue weighted by molar-refractivity contribution is 7.90. The van der Waals surface area contributed by atoms with E-state index in [1.807, 2.05) is 0 Å². The lowest BCUT2D eigenvalue weighted by molar-refractivity contribution is 0.0846. The van der Waals surface area contributed by atoms with Crippen molar-refractivity contribution in [3.05, 3.63) is 64.7 Å². The predicted octanol–water partition coefficient (Wildman–Crippen LogP) is 1.82. The van der Waals surface area contributed by atoms with Gasteiger partial charge >= 0.3 is 0 Å². The highest BCUT2D eigenvalue weighted by Gasteiger charge is 2.13. The minimum atomic E-state index is -3.42. The van der Waals surface area contributed by atoms with Crippen LogP contribution in [0.15, 0.2) is 53.4 Å². The van der Waals surface area contributed by atoms with Gasteiger partial charge in [0.2, 0.25) is 0 Å². The Morgan fingerprint density at radius 2 is 1.43 bits per heavy atom. The van der Waals surface area contributed by atoms with Gasteiger partial charge < -0.3 is 0 Å². The van der Waals surface area contributed by atoms with Gasteiger partial charge in [-0.2, -0.15) is 0 Å². The van der Waals surface area contributed by atoms with Crippen molar-refractivity contribution in [2.24, 2.45) is 0 Å². The van der Waals surface area contributed by atoms with Gasteiger partial charge in [0.15, 0.2) is 9.84 Å². The van der Waals surface area contributed by atoms with Gasteiger partial charge in [-0.05, 0) is 36.4 Å². The van der Waals surface area contributed by atoms with Crippen molar-refractivity contribution in [1.82, 2.24) is 10.9 Å². The summed E-state index contributed by atoms with van der Waals surface area (Å²) < 4.78 is 23.0. The van der Waals surface area contributed by atoms with Gasteiger partial charge in [-0.15, -0.1) is 0 Å². The lowest BCUT2D eigenvalue weighted by Crippen LogP contribution is -2.41. The van der Waals surface area contributed by atoms with Crippen LogP contribution in [0.5, 0.6) is 0 Å². The number of hydrazine groups is 1. The summed E-state index contributed by atoms with van der Waals surface area (Å²) >= 11 is 5.78. The van der Waals surface area contributed by atoms with Crippen LogP contribution in [-0.4, -0.2) is 26.5 Å². The molecule has 2 aromatic rings. The first-order valence-electron chi connectivity index (χ1n) is 6.44. The van der Waals surface area contributed by atoms with E-state index in [4.69, 9.17) is 11.6 Å². The molecule has 6 nitrogen and oxygen atoms in total. The summed E-state index contributed by atoms with van der Waals surface area (Å²) in [7, 11) is -3.42. The number of amides is 2. The fraction of sp³-hybridized carbons (Fsp3) is 0.0667. The topological polar surface area (TPSA) is 92.3 Å². The monoisotopic (exact) mass is 352 g/mol. The second-order valence-electron chi connectivity index (χ2n) is 4.72. The van der Waals surface area contributed by atoms with E-state index in [0.717, 1.165) is 6.26 Å². The molecule has 0 saturated carbocycles. The molecule has 2 N–H and O–H groups in total. The Morgan fingerprint density at radius 1 is 0.913 bits per heavy atom. The Balaban J connectivity index is 2.07. The van der Waals surface area contributed by atoms with Crippen molar-refractivity contribution in [2.45, 2.75) is 4.90 Å². The first kappa shape index (κ1) is 17.0. The van der Waals surface area contributed by atoms with Crippen LogP contribution in [0, 0.1) is 0 Å². The van der Waals surface area contributed by atoms with E-state index < -0.39 is 21.7 Å². The Bertz CT molecular complexity index is 865. The zero-order valence-corrected chi connectivity index (χ0v) is 13.6. The third-order valence-electron chi connectivity index (χ3n) is 2.90. The van der Waals surface area contributed by atoms with E-state index in [1.54, 1.807) is 12.1 Å². The summed E-state index contributed by atoms with van der Waals surface area (Å²) in [6.45, 7) is 0. The fourth-order valence-electron chi connectivity index (χ4n) is 1.76. The van der Waals surface area contributed by atoms with Gasteiger partial charge in [-0.3, -0.25) is 20.4 Å². The van der Waals surface area contributed by atoms with E-state index in [0.29, 0.717) is 5.02 Å². The molecule has 0 saturated heterocycles. The van der Waals surface area contributed by atoms with E-state index in [9.17, 15) is 18.0 Å². The zero-order valence-electron chi connectivity index (χ0n) is 12.0. The first-order chi connectivity index (χ1) is 10.8. The number of carbonyl (C=O) groups is 2. The molecule has 0 atom stereocenters. The Morgan fingerprint density at radius 3 is 1.96 bits per heavy atom. The van der Waals surface area contributed by atoms with Crippen molar-refractivity contribution < 1.29 is 18.0 Å². The molecule has 0 radical (unpaired) electrons. The molecule has 8 heteroatoms. The van der Waals surface area contributed by atoms with Crippen molar-refractivity contribution in [3.8, 4) is 0 Å². The quantitative estimate of drug-likeness (QED) is 0.824. The van der Waals surface area contributed by atoms with Crippen LogP contribution >= 0.6 is 11.6 Å². The number of benzene rings is 2. The summed E-state index contributed by atoms with van der Waals surface area (Å²) in [5, 5.41) is 0.393. The van der Waals surface area contributed by atoms with Gasteiger partial charge in [0, 0.05) is 22.4 Å². The van der Waals surface area contributed by atoms with Crippen LogP contribution in [0.4, 0.5) is 0 Å². The number of hydrogen-bond donors (Lipinski definition) is 2. The summed E-state index contributed by atoms with van der Waals surface area (Å²) in [6, 6.07) is 11.7. The average molecular weight is 353 g/mol. The lowest BCUT2D eigenvalue weighted by Gasteiger charge is -2.08. The van der Waals surface area contributed by atoms with Crippen molar-refractivity contribution in [3.63, 3.8) is 0 Å². The van der Waals surface area contributed by atoms with Crippen LogP contribution in [-0.2, 0) is 9.84 Å². The highest BCUT2D eigenvalue weighted by atomic mass is 35.5. The van der Waals surface area contributed by atoms with Crippen LogP contribution in [0.2, 0.25) is 5.02 Å². The summed E-state index contributed by atoms with van der Waals surface area (Å²) in [4.78, 5) is 23.9. The van der Waals surface area contributed by atoms with Crippen molar-refractivity contribution in [1.29, 1.82) is 0 Å². The predicted molar refractivity (Wildman–Crippen MR) is 85.9 cm³/mol. The third-order valence-corrected chi connectivity index (χ3v) is 4.25. The third kappa shape index (κ3) is 4.54. The SMILES string of the molecule is CS(=O)(=O)c1cccc(C(=O)NNC(=O)c2cccc(Cl)c2)c1.